The third kappa shape index (κ3) is 5.84. The molecule has 3 aromatic rings. The highest BCUT2D eigenvalue weighted by Gasteiger charge is 2.27. The van der Waals surface area contributed by atoms with Crippen molar-refractivity contribution in [1.82, 2.24) is 20.2 Å². The zero-order chi connectivity index (χ0) is 24.5. The first-order valence-electron chi connectivity index (χ1n) is 13.4. The smallest absolute Gasteiger partial charge is 0.252 e. The van der Waals surface area contributed by atoms with Crippen LogP contribution in [0.4, 0.5) is 5.95 Å². The van der Waals surface area contributed by atoms with E-state index in [9.17, 15) is 4.79 Å². The van der Waals surface area contributed by atoms with E-state index in [2.05, 4.69) is 20.5 Å². The maximum absolute atomic E-state index is 12.7. The van der Waals surface area contributed by atoms with Gasteiger partial charge in [-0.2, -0.15) is 0 Å². The third-order valence-electron chi connectivity index (χ3n) is 7.69. The number of hydrogen-bond donors (Lipinski definition) is 2. The average Bonchev–Trinajstić information content (AvgIpc) is 3.82. The molecule has 6 nitrogen and oxygen atoms in total. The van der Waals surface area contributed by atoms with Crippen molar-refractivity contribution in [3.05, 3.63) is 41.0 Å². The number of carbonyl (C=O) groups is 1. The van der Waals surface area contributed by atoms with E-state index in [0.29, 0.717) is 28.3 Å². The van der Waals surface area contributed by atoms with Crippen LogP contribution in [-0.4, -0.2) is 53.0 Å². The molecule has 3 heterocycles. The molecule has 3 aliphatic rings. The van der Waals surface area contributed by atoms with E-state index in [1.54, 1.807) is 17.5 Å². The molecule has 0 radical (unpaired) electrons. The maximum Gasteiger partial charge on any atom is 0.252 e. The van der Waals surface area contributed by atoms with Crippen LogP contribution in [0, 0.1) is 11.8 Å². The number of amides is 1. The standard InChI is InChI=1S/C28H34ClN5OS/c29-23-16-31-28(30-12-2-3-18-10-13-34(14-11-18)17-19-6-7-19)33-26(23)25-15-22-21(4-1-5-24(22)36-25)27(35)32-20-8-9-20/h1,4-5,15-16,18-20H,2-3,6-14,17H2,(H,32,35)(H,30,31,33). The van der Waals surface area contributed by atoms with Crippen molar-refractivity contribution < 1.29 is 4.79 Å². The van der Waals surface area contributed by atoms with Gasteiger partial charge in [-0.1, -0.05) is 17.7 Å². The highest BCUT2D eigenvalue weighted by atomic mass is 35.5. The number of carbonyl (C=O) groups excluding carboxylic acids is 1. The number of hydrogen-bond acceptors (Lipinski definition) is 6. The van der Waals surface area contributed by atoms with Crippen molar-refractivity contribution in [2.75, 3.05) is 31.5 Å². The number of piperidine rings is 1. The quantitative estimate of drug-likeness (QED) is 0.309. The topological polar surface area (TPSA) is 70.2 Å². The normalized spacial score (nSPS) is 19.0. The summed E-state index contributed by atoms with van der Waals surface area (Å²) in [5.74, 6) is 2.44. The lowest BCUT2D eigenvalue weighted by Gasteiger charge is -2.32. The van der Waals surface area contributed by atoms with Gasteiger partial charge in [0.15, 0.2) is 0 Å². The van der Waals surface area contributed by atoms with Crippen LogP contribution in [0.2, 0.25) is 5.02 Å². The highest BCUT2D eigenvalue weighted by molar-refractivity contribution is 7.22. The van der Waals surface area contributed by atoms with Gasteiger partial charge >= 0.3 is 0 Å². The van der Waals surface area contributed by atoms with Crippen molar-refractivity contribution >= 4 is 44.9 Å². The van der Waals surface area contributed by atoms with E-state index in [1.807, 2.05) is 24.3 Å². The zero-order valence-electron chi connectivity index (χ0n) is 20.6. The molecule has 2 aromatic heterocycles. The van der Waals surface area contributed by atoms with Gasteiger partial charge < -0.3 is 15.5 Å². The monoisotopic (exact) mass is 523 g/mol. The summed E-state index contributed by atoms with van der Waals surface area (Å²) in [6.45, 7) is 4.75. The van der Waals surface area contributed by atoms with Gasteiger partial charge in [0.05, 0.1) is 16.1 Å². The van der Waals surface area contributed by atoms with Crippen LogP contribution in [0.3, 0.4) is 0 Å². The molecule has 2 saturated carbocycles. The first-order valence-corrected chi connectivity index (χ1v) is 14.6. The van der Waals surface area contributed by atoms with Crippen molar-refractivity contribution in [3.8, 4) is 10.6 Å². The number of fused-ring (bicyclic) bond motifs is 1. The zero-order valence-corrected chi connectivity index (χ0v) is 22.2. The lowest BCUT2D eigenvalue weighted by atomic mass is 9.92. The first-order chi connectivity index (χ1) is 17.6. The van der Waals surface area contributed by atoms with Crippen LogP contribution in [0.15, 0.2) is 30.5 Å². The maximum atomic E-state index is 12.7. The van der Waals surface area contributed by atoms with E-state index in [1.165, 1.54) is 51.7 Å². The summed E-state index contributed by atoms with van der Waals surface area (Å²) in [6, 6.07) is 8.24. The largest absolute Gasteiger partial charge is 0.354 e. The number of nitrogens with one attached hydrogen (secondary N) is 2. The number of rotatable bonds is 10. The number of aromatic nitrogens is 2. The van der Waals surface area contributed by atoms with E-state index in [-0.39, 0.29) is 5.91 Å². The second-order valence-electron chi connectivity index (χ2n) is 10.7. The van der Waals surface area contributed by atoms with Crippen LogP contribution in [-0.2, 0) is 0 Å². The number of likely N-dealkylation sites (tertiary alicyclic amines) is 1. The molecule has 36 heavy (non-hydrogen) atoms. The summed E-state index contributed by atoms with van der Waals surface area (Å²) >= 11 is 8.13. The van der Waals surface area contributed by atoms with Gasteiger partial charge in [0.2, 0.25) is 5.95 Å². The minimum Gasteiger partial charge on any atom is -0.354 e. The van der Waals surface area contributed by atoms with Gasteiger partial charge in [-0.3, -0.25) is 4.79 Å². The number of anilines is 1. The second-order valence-corrected chi connectivity index (χ2v) is 12.2. The Labute approximate surface area is 221 Å². The van der Waals surface area contributed by atoms with Crippen LogP contribution >= 0.6 is 22.9 Å². The molecule has 1 amide bonds. The summed E-state index contributed by atoms with van der Waals surface area (Å²) in [6.07, 6.45) is 11.8. The van der Waals surface area contributed by atoms with E-state index < -0.39 is 0 Å². The molecule has 1 aliphatic heterocycles. The molecule has 6 rings (SSSR count). The van der Waals surface area contributed by atoms with E-state index in [4.69, 9.17) is 16.6 Å². The van der Waals surface area contributed by atoms with Crippen molar-refractivity contribution in [2.24, 2.45) is 11.8 Å². The molecule has 2 N–H and O–H groups in total. The Bertz CT molecular complexity index is 1230. The summed E-state index contributed by atoms with van der Waals surface area (Å²) < 4.78 is 1.06. The number of nitrogens with zero attached hydrogens (tertiary/aromatic N) is 3. The van der Waals surface area contributed by atoms with Crippen LogP contribution < -0.4 is 10.6 Å². The third-order valence-corrected chi connectivity index (χ3v) is 9.07. The number of thiophene rings is 1. The molecule has 3 fully saturated rings. The van der Waals surface area contributed by atoms with E-state index in [0.717, 1.165) is 52.6 Å². The van der Waals surface area contributed by atoms with Gasteiger partial charge in [0.1, 0.15) is 5.69 Å². The Morgan fingerprint density at radius 2 is 1.94 bits per heavy atom. The lowest BCUT2D eigenvalue weighted by molar-refractivity contribution is 0.0953. The summed E-state index contributed by atoms with van der Waals surface area (Å²) in [4.78, 5) is 25.5. The van der Waals surface area contributed by atoms with Gasteiger partial charge in [-0.25, -0.2) is 9.97 Å². The Morgan fingerprint density at radius 1 is 1.11 bits per heavy atom. The van der Waals surface area contributed by atoms with Crippen LogP contribution in [0.1, 0.15) is 61.7 Å². The second kappa shape index (κ2) is 10.6. The van der Waals surface area contributed by atoms with E-state index >= 15 is 0 Å². The predicted molar refractivity (Wildman–Crippen MR) is 148 cm³/mol. The fourth-order valence-electron chi connectivity index (χ4n) is 5.21. The Kier molecular flexibility index (Phi) is 7.13. The molecule has 8 heteroatoms. The number of benzene rings is 1. The molecule has 0 bridgehead atoms. The van der Waals surface area contributed by atoms with Gasteiger partial charge in [-0.05, 0) is 94.5 Å². The number of halogens is 1. The summed E-state index contributed by atoms with van der Waals surface area (Å²) in [7, 11) is 0. The first kappa shape index (κ1) is 24.1. The minimum atomic E-state index is -0.00261. The van der Waals surface area contributed by atoms with Crippen molar-refractivity contribution in [3.63, 3.8) is 0 Å². The fraction of sp³-hybridized carbons (Fsp3) is 0.536. The van der Waals surface area contributed by atoms with Crippen molar-refractivity contribution in [2.45, 2.75) is 57.4 Å². The molecule has 1 saturated heterocycles. The predicted octanol–water partition coefficient (Wildman–Crippen LogP) is 6.22. The van der Waals surface area contributed by atoms with Crippen LogP contribution in [0.25, 0.3) is 20.7 Å². The van der Waals surface area contributed by atoms with Crippen LogP contribution in [0.5, 0.6) is 0 Å². The average molecular weight is 524 g/mol. The molecule has 0 atom stereocenters. The fourth-order valence-corrected chi connectivity index (χ4v) is 6.55. The minimum absolute atomic E-state index is 0.00261. The Morgan fingerprint density at radius 3 is 2.72 bits per heavy atom. The SMILES string of the molecule is O=C(NC1CC1)c1cccc2sc(-c3nc(NCCCC4CCN(CC5CC5)CC4)ncc3Cl)cc12. The van der Waals surface area contributed by atoms with Gasteiger partial charge in [0.25, 0.3) is 5.91 Å². The molecule has 0 unspecified atom stereocenters. The lowest BCUT2D eigenvalue weighted by Crippen LogP contribution is -2.35. The summed E-state index contributed by atoms with van der Waals surface area (Å²) in [5, 5.41) is 7.97. The molecular formula is C28H34ClN5OS. The highest BCUT2D eigenvalue weighted by Crippen LogP contribution is 2.38. The molecular weight excluding hydrogens is 490 g/mol. The van der Waals surface area contributed by atoms with Crippen molar-refractivity contribution in [1.29, 1.82) is 0 Å². The molecule has 190 valence electrons. The molecule has 1 aromatic carbocycles. The molecule has 0 spiro atoms. The molecule has 2 aliphatic carbocycles. The summed E-state index contributed by atoms with van der Waals surface area (Å²) in [5.41, 5.74) is 1.43. The Hall–Kier alpha value is -2.22. The van der Waals surface area contributed by atoms with Gasteiger partial charge in [-0.15, -0.1) is 11.3 Å². The Balaban J connectivity index is 1.06. The van der Waals surface area contributed by atoms with Gasteiger partial charge in [0, 0.05) is 34.8 Å².